The lowest BCUT2D eigenvalue weighted by atomic mass is 10.1. The Morgan fingerprint density at radius 1 is 0.815 bits per heavy atom. The van der Waals surface area contributed by atoms with Crippen molar-refractivity contribution < 1.29 is 8.42 Å². The molecule has 0 atom stereocenters. The Labute approximate surface area is 161 Å². The Kier molecular flexibility index (Phi) is 6.37. The smallest absolute Gasteiger partial charge is 0.175 e. The van der Waals surface area contributed by atoms with Gasteiger partial charge in [-0.1, -0.05) is 48.5 Å². The third-order valence-corrected chi connectivity index (χ3v) is 5.57. The van der Waals surface area contributed by atoms with Gasteiger partial charge in [0.2, 0.25) is 0 Å². The molecule has 0 spiro atoms. The highest BCUT2D eigenvalue weighted by Gasteiger charge is 2.10. The lowest BCUT2D eigenvalue weighted by Crippen LogP contribution is -2.25. The molecule has 0 saturated heterocycles. The average Bonchev–Trinajstić information content (AvgIpc) is 2.67. The summed E-state index contributed by atoms with van der Waals surface area (Å²) in [7, 11) is -3.16. The lowest BCUT2D eigenvalue weighted by molar-refractivity contribution is 0.259. The highest BCUT2D eigenvalue weighted by atomic mass is 32.2. The van der Waals surface area contributed by atoms with E-state index in [9.17, 15) is 8.42 Å². The number of benzene rings is 2. The topological polar surface area (TPSA) is 50.3 Å². The first kappa shape index (κ1) is 19.3. The van der Waals surface area contributed by atoms with Crippen molar-refractivity contribution in [2.75, 3.05) is 12.8 Å². The van der Waals surface area contributed by atoms with Crippen molar-refractivity contribution in [3.8, 4) is 0 Å². The van der Waals surface area contributed by atoms with Crippen molar-refractivity contribution in [2.24, 2.45) is 0 Å². The van der Waals surface area contributed by atoms with Gasteiger partial charge < -0.3 is 0 Å². The van der Waals surface area contributed by atoms with Gasteiger partial charge >= 0.3 is 0 Å². The SMILES string of the molecule is CS(=O)(=O)c1ccc(CN(CCc2ccccc2)Cc2cccnc2)cc1. The van der Waals surface area contributed by atoms with Crippen LogP contribution in [0.5, 0.6) is 0 Å². The van der Waals surface area contributed by atoms with Crippen molar-refractivity contribution in [3.63, 3.8) is 0 Å². The van der Waals surface area contributed by atoms with Gasteiger partial charge in [0.1, 0.15) is 0 Å². The molecule has 1 heterocycles. The second kappa shape index (κ2) is 8.93. The van der Waals surface area contributed by atoms with Crippen molar-refractivity contribution in [1.82, 2.24) is 9.88 Å². The molecule has 4 nitrogen and oxygen atoms in total. The van der Waals surface area contributed by atoms with Crippen LogP contribution in [0.1, 0.15) is 16.7 Å². The molecule has 3 aromatic rings. The number of rotatable bonds is 8. The fourth-order valence-corrected chi connectivity index (χ4v) is 3.63. The van der Waals surface area contributed by atoms with Gasteiger partial charge in [-0.25, -0.2) is 8.42 Å². The van der Waals surface area contributed by atoms with E-state index in [1.54, 1.807) is 18.3 Å². The van der Waals surface area contributed by atoms with Gasteiger partial charge in [-0.05, 0) is 41.3 Å². The molecule has 1 aromatic heterocycles. The molecule has 0 aliphatic rings. The standard InChI is InChI=1S/C22H24N2O2S/c1-27(25,26)22-11-9-20(10-12-22)17-24(18-21-8-5-14-23-16-21)15-13-19-6-3-2-4-7-19/h2-12,14,16H,13,15,17-18H2,1H3. The van der Waals surface area contributed by atoms with Crippen LogP contribution in [0.25, 0.3) is 0 Å². The molecule has 27 heavy (non-hydrogen) atoms. The molecular weight excluding hydrogens is 356 g/mol. The van der Waals surface area contributed by atoms with Gasteiger partial charge in [0.15, 0.2) is 9.84 Å². The molecule has 5 heteroatoms. The number of nitrogens with zero attached hydrogens (tertiary/aromatic N) is 2. The third-order valence-electron chi connectivity index (χ3n) is 4.45. The predicted octanol–water partition coefficient (Wildman–Crippen LogP) is 3.73. The van der Waals surface area contributed by atoms with E-state index >= 15 is 0 Å². The third kappa shape index (κ3) is 6.01. The predicted molar refractivity (Wildman–Crippen MR) is 108 cm³/mol. The van der Waals surface area contributed by atoms with E-state index in [0.29, 0.717) is 4.90 Å². The van der Waals surface area contributed by atoms with Gasteiger partial charge in [0, 0.05) is 38.3 Å². The molecule has 0 amide bonds. The zero-order chi connectivity index (χ0) is 19.1. The zero-order valence-electron chi connectivity index (χ0n) is 15.5. The van der Waals surface area contributed by atoms with Crippen LogP contribution in [0.15, 0.2) is 84.0 Å². The van der Waals surface area contributed by atoms with E-state index in [2.05, 4.69) is 40.2 Å². The number of aromatic nitrogens is 1. The Bertz CT molecular complexity index is 941. The largest absolute Gasteiger partial charge is 0.294 e. The molecule has 2 aromatic carbocycles. The Morgan fingerprint density at radius 3 is 2.11 bits per heavy atom. The molecule has 140 valence electrons. The second-order valence-electron chi connectivity index (χ2n) is 6.72. The van der Waals surface area contributed by atoms with Crippen molar-refractivity contribution in [3.05, 3.63) is 95.8 Å². The van der Waals surface area contributed by atoms with Gasteiger partial charge in [-0.3, -0.25) is 9.88 Å². The van der Waals surface area contributed by atoms with Crippen LogP contribution in [0.3, 0.4) is 0 Å². The van der Waals surface area contributed by atoms with Crippen LogP contribution in [0, 0.1) is 0 Å². The number of sulfone groups is 1. The molecular formula is C22H24N2O2S. The first-order chi connectivity index (χ1) is 13.0. The van der Waals surface area contributed by atoms with E-state index in [1.807, 2.05) is 30.5 Å². The normalized spacial score (nSPS) is 11.6. The minimum atomic E-state index is -3.16. The van der Waals surface area contributed by atoms with Gasteiger partial charge in [0.05, 0.1) is 4.90 Å². The molecule has 0 aliphatic heterocycles. The fourth-order valence-electron chi connectivity index (χ4n) is 3.00. The van der Waals surface area contributed by atoms with Crippen LogP contribution in [-0.4, -0.2) is 31.1 Å². The molecule has 0 aliphatic carbocycles. The van der Waals surface area contributed by atoms with Gasteiger partial charge in [0.25, 0.3) is 0 Å². The van der Waals surface area contributed by atoms with E-state index in [1.165, 1.54) is 17.4 Å². The molecule has 3 rings (SSSR count). The first-order valence-corrected chi connectivity index (χ1v) is 10.8. The molecule has 0 N–H and O–H groups in total. The molecule has 0 bridgehead atoms. The summed E-state index contributed by atoms with van der Waals surface area (Å²) in [6.45, 7) is 2.47. The molecule has 0 saturated carbocycles. The average molecular weight is 381 g/mol. The Hall–Kier alpha value is -2.50. The summed E-state index contributed by atoms with van der Waals surface area (Å²) in [6, 6.07) is 21.6. The van der Waals surface area contributed by atoms with Gasteiger partial charge in [-0.2, -0.15) is 0 Å². The molecule has 0 fully saturated rings. The molecule has 0 unspecified atom stereocenters. The number of hydrogen-bond donors (Lipinski definition) is 0. The summed E-state index contributed by atoms with van der Waals surface area (Å²) in [6.07, 6.45) is 5.86. The summed E-state index contributed by atoms with van der Waals surface area (Å²) < 4.78 is 23.3. The summed E-state index contributed by atoms with van der Waals surface area (Å²) in [5.41, 5.74) is 3.57. The number of hydrogen-bond acceptors (Lipinski definition) is 4. The Balaban J connectivity index is 1.72. The maximum atomic E-state index is 11.6. The van der Waals surface area contributed by atoms with Crippen molar-refractivity contribution in [2.45, 2.75) is 24.4 Å². The Morgan fingerprint density at radius 2 is 1.48 bits per heavy atom. The zero-order valence-corrected chi connectivity index (χ0v) is 16.3. The minimum absolute atomic E-state index is 0.356. The van der Waals surface area contributed by atoms with E-state index in [4.69, 9.17) is 0 Å². The summed E-state index contributed by atoms with van der Waals surface area (Å²) in [5.74, 6) is 0. The summed E-state index contributed by atoms with van der Waals surface area (Å²) >= 11 is 0. The van der Waals surface area contributed by atoms with E-state index in [-0.39, 0.29) is 0 Å². The van der Waals surface area contributed by atoms with Gasteiger partial charge in [-0.15, -0.1) is 0 Å². The van der Waals surface area contributed by atoms with Crippen LogP contribution in [0.2, 0.25) is 0 Å². The maximum Gasteiger partial charge on any atom is 0.175 e. The lowest BCUT2D eigenvalue weighted by Gasteiger charge is -2.22. The second-order valence-corrected chi connectivity index (χ2v) is 8.74. The summed E-state index contributed by atoms with van der Waals surface area (Å²) in [4.78, 5) is 6.92. The van der Waals surface area contributed by atoms with E-state index < -0.39 is 9.84 Å². The first-order valence-electron chi connectivity index (χ1n) is 8.95. The van der Waals surface area contributed by atoms with E-state index in [0.717, 1.165) is 31.6 Å². The number of pyridine rings is 1. The van der Waals surface area contributed by atoms with Crippen LogP contribution in [-0.2, 0) is 29.3 Å². The monoisotopic (exact) mass is 380 g/mol. The molecule has 0 radical (unpaired) electrons. The van der Waals surface area contributed by atoms with Crippen LogP contribution in [0.4, 0.5) is 0 Å². The van der Waals surface area contributed by atoms with Crippen molar-refractivity contribution >= 4 is 9.84 Å². The minimum Gasteiger partial charge on any atom is -0.294 e. The van der Waals surface area contributed by atoms with Crippen LogP contribution < -0.4 is 0 Å². The highest BCUT2D eigenvalue weighted by molar-refractivity contribution is 7.90. The summed E-state index contributed by atoms with van der Waals surface area (Å²) in [5, 5.41) is 0. The fraction of sp³-hybridized carbons (Fsp3) is 0.227. The maximum absolute atomic E-state index is 11.6. The quantitative estimate of drug-likeness (QED) is 0.597. The highest BCUT2D eigenvalue weighted by Crippen LogP contribution is 2.14. The van der Waals surface area contributed by atoms with Crippen LogP contribution >= 0.6 is 0 Å². The van der Waals surface area contributed by atoms with Crippen molar-refractivity contribution in [1.29, 1.82) is 0 Å².